The van der Waals surface area contributed by atoms with E-state index in [2.05, 4.69) is 10.6 Å². The molecule has 2 N–H and O–H groups in total. The summed E-state index contributed by atoms with van der Waals surface area (Å²) >= 11 is 12.0. The lowest BCUT2D eigenvalue weighted by atomic mass is 10.1. The number of ether oxygens (including phenoxy) is 1. The van der Waals surface area contributed by atoms with Gasteiger partial charge in [0.25, 0.3) is 5.91 Å². The molecule has 0 bridgehead atoms. The summed E-state index contributed by atoms with van der Waals surface area (Å²) in [6, 6.07) is 23.0. The number of amides is 3. The maximum Gasteiger partial charge on any atom is 0.262 e. The molecule has 7 nitrogen and oxygen atoms in total. The fourth-order valence-corrected chi connectivity index (χ4v) is 4.37. The zero-order valence-corrected chi connectivity index (χ0v) is 20.3. The Bertz CT molecular complexity index is 1510. The van der Waals surface area contributed by atoms with E-state index < -0.39 is 5.91 Å². The SMILES string of the molecule is O=C(COc1cccc(Cl)c1Cl)Nc1ccc(N2C(=O)CC(=O)Nc3c2ccc2ccccc32)cc1. The number of nitrogens with one attached hydrogen (secondary N) is 2. The van der Waals surface area contributed by atoms with E-state index in [1.54, 1.807) is 42.5 Å². The molecule has 0 spiro atoms. The van der Waals surface area contributed by atoms with Gasteiger partial charge in [-0.15, -0.1) is 0 Å². The molecule has 0 radical (unpaired) electrons. The van der Waals surface area contributed by atoms with E-state index in [4.69, 9.17) is 27.9 Å². The molecule has 0 atom stereocenters. The van der Waals surface area contributed by atoms with E-state index in [0.717, 1.165) is 10.8 Å². The van der Waals surface area contributed by atoms with Crippen LogP contribution in [-0.2, 0) is 14.4 Å². The first-order valence-corrected chi connectivity index (χ1v) is 11.8. The Kier molecular flexibility index (Phi) is 6.50. The third kappa shape index (κ3) is 4.71. The minimum absolute atomic E-state index is 0.236. The molecule has 180 valence electrons. The monoisotopic (exact) mass is 519 g/mol. The Morgan fingerprint density at radius 3 is 2.53 bits per heavy atom. The molecule has 0 saturated heterocycles. The van der Waals surface area contributed by atoms with Crippen molar-refractivity contribution in [2.75, 3.05) is 22.1 Å². The summed E-state index contributed by atoms with van der Waals surface area (Å²) in [6.07, 6.45) is -0.287. The Morgan fingerprint density at radius 2 is 1.72 bits per heavy atom. The van der Waals surface area contributed by atoms with E-state index in [0.29, 0.717) is 33.5 Å². The van der Waals surface area contributed by atoms with Crippen LogP contribution < -0.4 is 20.3 Å². The fourth-order valence-electron chi connectivity index (χ4n) is 4.02. The second-order valence-corrected chi connectivity index (χ2v) is 8.86. The van der Waals surface area contributed by atoms with Crippen LogP contribution in [0.2, 0.25) is 10.0 Å². The van der Waals surface area contributed by atoms with Crippen molar-refractivity contribution in [1.82, 2.24) is 0 Å². The Hall–Kier alpha value is -4.07. The lowest BCUT2D eigenvalue weighted by molar-refractivity contribution is -0.124. The zero-order valence-electron chi connectivity index (χ0n) is 18.8. The minimum atomic E-state index is -0.392. The number of carbonyl (C=O) groups is 3. The van der Waals surface area contributed by atoms with Crippen molar-refractivity contribution in [2.45, 2.75) is 6.42 Å². The number of nitrogens with zero attached hydrogens (tertiary/aromatic N) is 1. The molecule has 0 unspecified atom stereocenters. The van der Waals surface area contributed by atoms with Gasteiger partial charge in [0.15, 0.2) is 6.61 Å². The molecule has 1 aliphatic rings. The Morgan fingerprint density at radius 1 is 0.944 bits per heavy atom. The zero-order chi connectivity index (χ0) is 25.2. The Labute approximate surface area is 216 Å². The minimum Gasteiger partial charge on any atom is -0.482 e. The van der Waals surface area contributed by atoms with Gasteiger partial charge in [-0.25, -0.2) is 0 Å². The first-order valence-electron chi connectivity index (χ1n) is 11.0. The van der Waals surface area contributed by atoms with Crippen molar-refractivity contribution in [3.63, 3.8) is 0 Å². The van der Waals surface area contributed by atoms with Crippen LogP contribution in [0, 0.1) is 0 Å². The summed E-state index contributed by atoms with van der Waals surface area (Å²) in [5.41, 5.74) is 2.24. The van der Waals surface area contributed by atoms with Crippen molar-refractivity contribution >= 4 is 74.4 Å². The molecule has 4 aromatic rings. The van der Waals surface area contributed by atoms with Crippen molar-refractivity contribution in [3.8, 4) is 5.75 Å². The fraction of sp³-hybridized carbons (Fsp3) is 0.0741. The van der Waals surface area contributed by atoms with Crippen LogP contribution in [0.15, 0.2) is 78.9 Å². The largest absolute Gasteiger partial charge is 0.482 e. The standard InChI is InChI=1S/C27H19Cl2N3O4/c28-20-6-3-7-22(26(20)29)36-15-24(34)30-17-9-11-18(12-10-17)32-21-13-8-16-4-1-2-5-19(16)27(21)31-23(33)14-25(32)35/h1-13H,14-15H2,(H,30,34)(H,31,33). The molecule has 5 rings (SSSR count). The molecule has 0 aliphatic carbocycles. The third-order valence-electron chi connectivity index (χ3n) is 5.66. The van der Waals surface area contributed by atoms with Gasteiger partial charge in [-0.1, -0.05) is 59.6 Å². The summed E-state index contributed by atoms with van der Waals surface area (Å²) in [4.78, 5) is 39.3. The van der Waals surface area contributed by atoms with Gasteiger partial charge < -0.3 is 15.4 Å². The summed E-state index contributed by atoms with van der Waals surface area (Å²) in [7, 11) is 0. The van der Waals surface area contributed by atoms with E-state index in [1.807, 2.05) is 36.4 Å². The van der Waals surface area contributed by atoms with Gasteiger partial charge in [0, 0.05) is 16.8 Å². The highest BCUT2D eigenvalue weighted by atomic mass is 35.5. The van der Waals surface area contributed by atoms with Crippen molar-refractivity contribution in [2.24, 2.45) is 0 Å². The lowest BCUT2D eigenvalue weighted by Gasteiger charge is -2.23. The molecule has 1 heterocycles. The number of benzene rings is 4. The van der Waals surface area contributed by atoms with Gasteiger partial charge >= 0.3 is 0 Å². The second kappa shape index (κ2) is 9.89. The van der Waals surface area contributed by atoms with Gasteiger partial charge in [-0.05, 0) is 47.9 Å². The molecule has 1 aliphatic heterocycles. The van der Waals surface area contributed by atoms with Gasteiger partial charge in [-0.3, -0.25) is 19.3 Å². The van der Waals surface area contributed by atoms with Gasteiger partial charge in [-0.2, -0.15) is 0 Å². The molecule has 3 amide bonds. The number of hydrogen-bond donors (Lipinski definition) is 2. The van der Waals surface area contributed by atoms with Crippen LogP contribution in [-0.4, -0.2) is 24.3 Å². The highest BCUT2D eigenvalue weighted by Crippen LogP contribution is 2.40. The number of anilines is 4. The Balaban J connectivity index is 1.36. The number of carbonyl (C=O) groups excluding carboxylic acids is 3. The molecular weight excluding hydrogens is 501 g/mol. The molecule has 0 saturated carbocycles. The molecule has 4 aromatic carbocycles. The number of fused-ring (bicyclic) bond motifs is 3. The smallest absolute Gasteiger partial charge is 0.262 e. The highest BCUT2D eigenvalue weighted by molar-refractivity contribution is 6.42. The number of rotatable bonds is 5. The van der Waals surface area contributed by atoms with E-state index in [1.165, 1.54) is 4.90 Å². The number of halogens is 2. The number of hydrogen-bond acceptors (Lipinski definition) is 4. The maximum atomic E-state index is 13.0. The summed E-state index contributed by atoms with van der Waals surface area (Å²) in [5.74, 6) is -0.811. The van der Waals surface area contributed by atoms with Gasteiger partial charge in [0.1, 0.15) is 17.2 Å². The van der Waals surface area contributed by atoms with Crippen LogP contribution in [0.4, 0.5) is 22.7 Å². The summed E-state index contributed by atoms with van der Waals surface area (Å²) in [5, 5.41) is 7.98. The second-order valence-electron chi connectivity index (χ2n) is 8.07. The third-order valence-corrected chi connectivity index (χ3v) is 6.46. The average molecular weight is 520 g/mol. The molecule has 9 heteroatoms. The van der Waals surface area contributed by atoms with Crippen LogP contribution in [0.1, 0.15) is 6.42 Å². The normalized spacial score (nSPS) is 13.1. The van der Waals surface area contributed by atoms with E-state index in [9.17, 15) is 14.4 Å². The van der Waals surface area contributed by atoms with Crippen molar-refractivity contribution in [3.05, 3.63) is 88.9 Å². The van der Waals surface area contributed by atoms with Crippen LogP contribution >= 0.6 is 23.2 Å². The van der Waals surface area contributed by atoms with Crippen molar-refractivity contribution in [1.29, 1.82) is 0 Å². The van der Waals surface area contributed by atoms with Gasteiger partial charge in [0.05, 0.1) is 16.4 Å². The van der Waals surface area contributed by atoms with E-state index >= 15 is 0 Å². The maximum absolute atomic E-state index is 13.0. The molecule has 0 aromatic heterocycles. The van der Waals surface area contributed by atoms with Gasteiger partial charge in [0.2, 0.25) is 11.8 Å². The molecule has 0 fully saturated rings. The first-order chi connectivity index (χ1) is 17.4. The quantitative estimate of drug-likeness (QED) is 0.308. The molecular formula is C27H19Cl2N3O4. The van der Waals surface area contributed by atoms with Crippen LogP contribution in [0.5, 0.6) is 5.75 Å². The predicted octanol–water partition coefficient (Wildman–Crippen LogP) is 6.17. The van der Waals surface area contributed by atoms with E-state index in [-0.39, 0.29) is 29.9 Å². The highest BCUT2D eigenvalue weighted by Gasteiger charge is 2.28. The summed E-state index contributed by atoms with van der Waals surface area (Å²) < 4.78 is 5.46. The molecule has 36 heavy (non-hydrogen) atoms. The predicted molar refractivity (Wildman–Crippen MR) is 141 cm³/mol. The van der Waals surface area contributed by atoms with Crippen LogP contribution in [0.3, 0.4) is 0 Å². The lowest BCUT2D eigenvalue weighted by Crippen LogP contribution is -2.26. The average Bonchev–Trinajstić information content (AvgIpc) is 3.00. The topological polar surface area (TPSA) is 87.7 Å². The summed E-state index contributed by atoms with van der Waals surface area (Å²) in [6.45, 7) is -0.263. The first kappa shape index (κ1) is 23.7. The van der Waals surface area contributed by atoms with Crippen molar-refractivity contribution < 1.29 is 19.1 Å². The van der Waals surface area contributed by atoms with Crippen LogP contribution in [0.25, 0.3) is 10.8 Å².